The summed E-state index contributed by atoms with van der Waals surface area (Å²) >= 11 is 6.31. The smallest absolute Gasteiger partial charge is 0.162 e. The van der Waals surface area contributed by atoms with Gasteiger partial charge in [0, 0.05) is 17.1 Å². The third kappa shape index (κ3) is 4.25. The maximum Gasteiger partial charge on any atom is 0.162 e. The summed E-state index contributed by atoms with van der Waals surface area (Å²) < 4.78 is 11.4. The summed E-state index contributed by atoms with van der Waals surface area (Å²) in [5.74, 6) is 5.11. The van der Waals surface area contributed by atoms with Crippen LogP contribution in [-0.2, 0) is 0 Å². The second-order valence-electron chi connectivity index (χ2n) is 5.16. The molecule has 106 valence electrons. The average molecular weight is 298 g/mol. The SMILES string of the molecule is CC(C)C(CS)CSc1ccc2c(c1)OCCCO2. The van der Waals surface area contributed by atoms with E-state index >= 15 is 0 Å². The van der Waals surface area contributed by atoms with Crippen LogP contribution < -0.4 is 9.47 Å². The number of benzene rings is 1. The first-order valence-electron chi connectivity index (χ1n) is 6.84. The van der Waals surface area contributed by atoms with Crippen molar-refractivity contribution >= 4 is 24.4 Å². The van der Waals surface area contributed by atoms with Gasteiger partial charge in [-0.25, -0.2) is 0 Å². The molecule has 1 atom stereocenters. The molecule has 19 heavy (non-hydrogen) atoms. The van der Waals surface area contributed by atoms with Crippen LogP contribution in [0.5, 0.6) is 11.5 Å². The Morgan fingerprint density at radius 3 is 2.63 bits per heavy atom. The molecule has 4 heteroatoms. The average Bonchev–Trinajstić information content (AvgIpc) is 2.63. The first kappa shape index (κ1) is 14.9. The number of rotatable bonds is 5. The van der Waals surface area contributed by atoms with Gasteiger partial charge in [-0.3, -0.25) is 0 Å². The second-order valence-corrected chi connectivity index (χ2v) is 6.62. The lowest BCUT2D eigenvalue weighted by Crippen LogP contribution is -2.13. The Labute approximate surface area is 125 Å². The normalized spacial score (nSPS) is 16.2. The molecule has 1 unspecified atom stereocenters. The van der Waals surface area contributed by atoms with Crippen LogP contribution in [0.1, 0.15) is 20.3 Å². The summed E-state index contributed by atoms with van der Waals surface area (Å²) in [6.45, 7) is 6.01. The fourth-order valence-corrected chi connectivity index (χ4v) is 3.88. The first-order valence-corrected chi connectivity index (χ1v) is 8.46. The molecule has 1 aromatic carbocycles. The molecule has 1 aliphatic rings. The quantitative estimate of drug-likeness (QED) is 0.651. The van der Waals surface area contributed by atoms with Crippen molar-refractivity contribution in [2.24, 2.45) is 11.8 Å². The summed E-state index contributed by atoms with van der Waals surface area (Å²) in [4.78, 5) is 1.25. The van der Waals surface area contributed by atoms with E-state index in [4.69, 9.17) is 9.47 Å². The maximum atomic E-state index is 5.72. The van der Waals surface area contributed by atoms with Crippen molar-refractivity contribution in [1.29, 1.82) is 0 Å². The van der Waals surface area contributed by atoms with E-state index in [0.717, 1.165) is 42.6 Å². The van der Waals surface area contributed by atoms with Crippen molar-refractivity contribution in [3.63, 3.8) is 0 Å². The zero-order valence-corrected chi connectivity index (χ0v) is 13.3. The molecule has 0 aliphatic carbocycles. The monoisotopic (exact) mass is 298 g/mol. The summed E-state index contributed by atoms with van der Waals surface area (Å²) in [5.41, 5.74) is 0. The number of thioether (sulfide) groups is 1. The van der Waals surface area contributed by atoms with E-state index in [1.807, 2.05) is 17.8 Å². The predicted molar refractivity (Wildman–Crippen MR) is 85.0 cm³/mol. The van der Waals surface area contributed by atoms with Gasteiger partial charge in [-0.1, -0.05) is 13.8 Å². The largest absolute Gasteiger partial charge is 0.490 e. The predicted octanol–water partition coefficient (Wildman–Crippen LogP) is 4.14. The molecular weight excluding hydrogens is 276 g/mol. The Kier molecular flexibility index (Phi) is 5.76. The van der Waals surface area contributed by atoms with Gasteiger partial charge < -0.3 is 9.47 Å². The van der Waals surface area contributed by atoms with Gasteiger partial charge in [0.2, 0.25) is 0 Å². The van der Waals surface area contributed by atoms with Crippen LogP contribution in [0.15, 0.2) is 23.1 Å². The van der Waals surface area contributed by atoms with Crippen LogP contribution in [0, 0.1) is 11.8 Å². The number of thiol groups is 1. The molecule has 0 saturated carbocycles. The minimum absolute atomic E-state index is 0.643. The van der Waals surface area contributed by atoms with Crippen molar-refractivity contribution < 1.29 is 9.47 Å². The molecule has 2 nitrogen and oxygen atoms in total. The van der Waals surface area contributed by atoms with Crippen LogP contribution in [-0.4, -0.2) is 24.7 Å². The van der Waals surface area contributed by atoms with Crippen LogP contribution in [0.25, 0.3) is 0 Å². The van der Waals surface area contributed by atoms with Crippen molar-refractivity contribution in [2.45, 2.75) is 25.2 Å². The first-order chi connectivity index (χ1) is 9.20. The zero-order valence-electron chi connectivity index (χ0n) is 11.6. The van der Waals surface area contributed by atoms with E-state index in [1.165, 1.54) is 4.90 Å². The highest BCUT2D eigenvalue weighted by atomic mass is 32.2. The summed E-state index contributed by atoms with van der Waals surface area (Å²) in [6.07, 6.45) is 0.951. The van der Waals surface area contributed by atoms with Crippen LogP contribution >= 0.6 is 24.4 Å². The van der Waals surface area contributed by atoms with Gasteiger partial charge in [-0.05, 0) is 35.8 Å². The standard InChI is InChI=1S/C15H22O2S2/c1-11(2)12(9-18)10-19-13-4-5-14-15(8-13)17-7-3-6-16-14/h4-5,8,11-12,18H,3,6-7,9-10H2,1-2H3. The third-order valence-electron chi connectivity index (χ3n) is 3.36. The molecule has 0 saturated heterocycles. The van der Waals surface area contributed by atoms with Crippen LogP contribution in [0.4, 0.5) is 0 Å². The minimum Gasteiger partial charge on any atom is -0.490 e. The van der Waals surface area contributed by atoms with Gasteiger partial charge in [-0.2, -0.15) is 12.6 Å². The number of hydrogen-bond acceptors (Lipinski definition) is 4. The summed E-state index contributed by atoms with van der Waals surface area (Å²) in [7, 11) is 0. The number of hydrogen-bond donors (Lipinski definition) is 1. The second kappa shape index (κ2) is 7.34. The molecule has 2 rings (SSSR count). The highest BCUT2D eigenvalue weighted by molar-refractivity contribution is 7.99. The van der Waals surface area contributed by atoms with E-state index in [-0.39, 0.29) is 0 Å². The van der Waals surface area contributed by atoms with Crippen molar-refractivity contribution in [2.75, 3.05) is 24.7 Å². The molecule has 0 bridgehead atoms. The van der Waals surface area contributed by atoms with E-state index < -0.39 is 0 Å². The van der Waals surface area contributed by atoms with Crippen LogP contribution in [0.2, 0.25) is 0 Å². The minimum atomic E-state index is 0.643. The molecule has 1 heterocycles. The van der Waals surface area contributed by atoms with E-state index in [1.54, 1.807) is 0 Å². The Bertz CT molecular complexity index is 407. The van der Waals surface area contributed by atoms with E-state index in [2.05, 4.69) is 38.6 Å². The molecule has 0 amide bonds. The molecule has 0 N–H and O–H groups in total. The van der Waals surface area contributed by atoms with Crippen LogP contribution in [0.3, 0.4) is 0 Å². The Morgan fingerprint density at radius 2 is 1.95 bits per heavy atom. The van der Waals surface area contributed by atoms with E-state index in [0.29, 0.717) is 11.8 Å². The van der Waals surface area contributed by atoms with Gasteiger partial charge in [-0.15, -0.1) is 11.8 Å². The molecule has 0 aromatic heterocycles. The van der Waals surface area contributed by atoms with Gasteiger partial charge >= 0.3 is 0 Å². The lowest BCUT2D eigenvalue weighted by atomic mass is 10.0. The third-order valence-corrected chi connectivity index (χ3v) is 5.01. The van der Waals surface area contributed by atoms with Gasteiger partial charge in [0.25, 0.3) is 0 Å². The topological polar surface area (TPSA) is 18.5 Å². The maximum absolute atomic E-state index is 5.72. The fraction of sp³-hybridized carbons (Fsp3) is 0.600. The van der Waals surface area contributed by atoms with Crippen molar-refractivity contribution in [1.82, 2.24) is 0 Å². The Balaban J connectivity index is 1.99. The molecule has 1 aromatic rings. The van der Waals surface area contributed by atoms with E-state index in [9.17, 15) is 0 Å². The molecule has 0 spiro atoms. The van der Waals surface area contributed by atoms with Gasteiger partial charge in [0.15, 0.2) is 11.5 Å². The lowest BCUT2D eigenvalue weighted by Gasteiger charge is -2.18. The summed E-state index contributed by atoms with van der Waals surface area (Å²) in [6, 6.07) is 6.24. The number of fused-ring (bicyclic) bond motifs is 1. The summed E-state index contributed by atoms with van der Waals surface area (Å²) in [5, 5.41) is 0. The molecule has 0 radical (unpaired) electrons. The number of ether oxygens (including phenoxy) is 2. The van der Waals surface area contributed by atoms with Gasteiger partial charge in [0.05, 0.1) is 13.2 Å². The highest BCUT2D eigenvalue weighted by Crippen LogP contribution is 2.35. The van der Waals surface area contributed by atoms with Crippen molar-refractivity contribution in [3.05, 3.63) is 18.2 Å². The molecular formula is C15H22O2S2. The fourth-order valence-electron chi connectivity index (χ4n) is 1.89. The van der Waals surface area contributed by atoms with Crippen molar-refractivity contribution in [3.8, 4) is 11.5 Å². The van der Waals surface area contributed by atoms with Gasteiger partial charge in [0.1, 0.15) is 0 Å². The Morgan fingerprint density at radius 1 is 1.21 bits per heavy atom. The zero-order chi connectivity index (χ0) is 13.7. The molecule has 0 fully saturated rings. The highest BCUT2D eigenvalue weighted by Gasteiger charge is 2.14. The molecule has 1 aliphatic heterocycles. The Hall–Kier alpha value is -0.480. The lowest BCUT2D eigenvalue weighted by molar-refractivity contribution is 0.297.